The van der Waals surface area contributed by atoms with Crippen LogP contribution in [0.1, 0.15) is 38.5 Å². The molecule has 5 heteroatoms. The largest absolute Gasteiger partial charge is 0.383 e. The van der Waals surface area contributed by atoms with Gasteiger partial charge in [-0.05, 0) is 33.6 Å². The monoisotopic (exact) mass is 283 g/mol. The molecule has 0 aliphatic heterocycles. The standard InChI is InChI=1S/C14H25N3OS/c1-14(2,3)16-10-12-9-15-13(19-12)17(7-8-18-4)11-5-6-11/h9,11,16H,5-8,10H2,1-4H3. The van der Waals surface area contributed by atoms with E-state index in [4.69, 9.17) is 4.74 Å². The number of thiazole rings is 1. The van der Waals surface area contributed by atoms with Gasteiger partial charge in [-0.3, -0.25) is 0 Å². The molecule has 0 aromatic carbocycles. The lowest BCUT2D eigenvalue weighted by Gasteiger charge is -2.21. The van der Waals surface area contributed by atoms with Crippen molar-refractivity contribution in [1.29, 1.82) is 0 Å². The van der Waals surface area contributed by atoms with Crippen LogP contribution in [0.5, 0.6) is 0 Å². The number of nitrogens with zero attached hydrogens (tertiary/aromatic N) is 2. The van der Waals surface area contributed by atoms with Gasteiger partial charge in [-0.2, -0.15) is 0 Å². The molecule has 0 bridgehead atoms. The van der Waals surface area contributed by atoms with Crippen LogP contribution < -0.4 is 10.2 Å². The number of aromatic nitrogens is 1. The summed E-state index contributed by atoms with van der Waals surface area (Å²) in [5, 5.41) is 4.65. The van der Waals surface area contributed by atoms with Gasteiger partial charge in [-0.25, -0.2) is 4.98 Å². The van der Waals surface area contributed by atoms with E-state index in [1.807, 2.05) is 6.20 Å². The summed E-state index contributed by atoms with van der Waals surface area (Å²) in [6.07, 6.45) is 4.58. The predicted molar refractivity (Wildman–Crippen MR) is 81.0 cm³/mol. The maximum atomic E-state index is 5.19. The number of hydrogen-bond acceptors (Lipinski definition) is 5. The molecule has 1 N–H and O–H groups in total. The van der Waals surface area contributed by atoms with Crippen molar-refractivity contribution in [1.82, 2.24) is 10.3 Å². The normalized spacial score (nSPS) is 15.8. The summed E-state index contributed by atoms with van der Waals surface area (Å²) in [6, 6.07) is 0.685. The molecule has 1 fully saturated rings. The third-order valence-corrected chi connectivity index (χ3v) is 4.14. The van der Waals surface area contributed by atoms with Crippen molar-refractivity contribution in [2.24, 2.45) is 0 Å². The van der Waals surface area contributed by atoms with Gasteiger partial charge in [0, 0.05) is 42.9 Å². The van der Waals surface area contributed by atoms with Crippen molar-refractivity contribution in [3.63, 3.8) is 0 Å². The first-order valence-electron chi connectivity index (χ1n) is 6.95. The lowest BCUT2D eigenvalue weighted by Crippen LogP contribution is -2.34. The van der Waals surface area contributed by atoms with Crippen LogP contribution in [0.2, 0.25) is 0 Å². The van der Waals surface area contributed by atoms with E-state index < -0.39 is 0 Å². The van der Waals surface area contributed by atoms with E-state index >= 15 is 0 Å². The number of hydrogen-bond donors (Lipinski definition) is 1. The Balaban J connectivity index is 1.94. The van der Waals surface area contributed by atoms with Crippen molar-refractivity contribution in [3.8, 4) is 0 Å². The SMILES string of the molecule is COCCN(c1ncc(CNC(C)(C)C)s1)C1CC1. The molecule has 1 aliphatic rings. The molecule has 108 valence electrons. The molecular formula is C14H25N3OS. The van der Waals surface area contributed by atoms with Gasteiger partial charge in [0.25, 0.3) is 0 Å². The van der Waals surface area contributed by atoms with E-state index in [9.17, 15) is 0 Å². The molecular weight excluding hydrogens is 258 g/mol. The van der Waals surface area contributed by atoms with Gasteiger partial charge in [-0.15, -0.1) is 11.3 Å². The second-order valence-electron chi connectivity index (χ2n) is 6.13. The van der Waals surface area contributed by atoms with Crippen LogP contribution in [-0.4, -0.2) is 36.8 Å². The highest BCUT2D eigenvalue weighted by Gasteiger charge is 2.30. The fourth-order valence-corrected chi connectivity index (χ4v) is 2.82. The molecule has 0 atom stereocenters. The molecule has 2 rings (SSSR count). The quantitative estimate of drug-likeness (QED) is 0.835. The molecule has 1 heterocycles. The number of ether oxygens (including phenoxy) is 1. The number of anilines is 1. The Morgan fingerprint density at radius 2 is 2.21 bits per heavy atom. The Kier molecular flexibility index (Phi) is 4.81. The zero-order chi connectivity index (χ0) is 13.9. The topological polar surface area (TPSA) is 37.4 Å². The first kappa shape index (κ1) is 14.8. The molecule has 19 heavy (non-hydrogen) atoms. The van der Waals surface area contributed by atoms with Gasteiger partial charge in [0.2, 0.25) is 0 Å². The van der Waals surface area contributed by atoms with Gasteiger partial charge < -0.3 is 15.0 Å². The first-order valence-corrected chi connectivity index (χ1v) is 7.76. The highest BCUT2D eigenvalue weighted by atomic mass is 32.1. The van der Waals surface area contributed by atoms with Crippen molar-refractivity contribution in [2.75, 3.05) is 25.2 Å². The summed E-state index contributed by atoms with van der Waals surface area (Å²) in [4.78, 5) is 8.28. The molecule has 0 amide bonds. The maximum Gasteiger partial charge on any atom is 0.185 e. The molecule has 4 nitrogen and oxygen atoms in total. The van der Waals surface area contributed by atoms with E-state index in [1.54, 1.807) is 18.4 Å². The van der Waals surface area contributed by atoms with Crippen LogP contribution in [0.15, 0.2) is 6.20 Å². The maximum absolute atomic E-state index is 5.19. The average Bonchev–Trinajstić information content (AvgIpc) is 3.05. The third kappa shape index (κ3) is 4.75. The smallest absolute Gasteiger partial charge is 0.185 e. The Hall–Kier alpha value is -0.650. The van der Waals surface area contributed by atoms with Gasteiger partial charge in [0.05, 0.1) is 6.61 Å². The minimum Gasteiger partial charge on any atom is -0.383 e. The summed E-state index contributed by atoms with van der Waals surface area (Å²) in [6.45, 7) is 9.16. The second-order valence-corrected chi connectivity index (χ2v) is 7.22. The average molecular weight is 283 g/mol. The van der Waals surface area contributed by atoms with Crippen LogP contribution in [0.25, 0.3) is 0 Å². The van der Waals surface area contributed by atoms with Crippen molar-refractivity contribution < 1.29 is 4.74 Å². The number of methoxy groups -OCH3 is 1. The highest BCUT2D eigenvalue weighted by molar-refractivity contribution is 7.15. The van der Waals surface area contributed by atoms with Crippen molar-refractivity contribution >= 4 is 16.5 Å². The Bertz CT molecular complexity index is 396. The molecule has 0 spiro atoms. The number of rotatable bonds is 7. The van der Waals surface area contributed by atoms with E-state index in [-0.39, 0.29) is 5.54 Å². The fourth-order valence-electron chi connectivity index (χ4n) is 1.87. The predicted octanol–water partition coefficient (Wildman–Crippen LogP) is 2.65. The summed E-state index contributed by atoms with van der Waals surface area (Å²) in [7, 11) is 1.76. The molecule has 0 unspecified atom stereocenters. The third-order valence-electron chi connectivity index (χ3n) is 3.10. The first-order chi connectivity index (χ1) is 8.99. The minimum absolute atomic E-state index is 0.149. The Morgan fingerprint density at radius 1 is 1.47 bits per heavy atom. The Morgan fingerprint density at radius 3 is 2.79 bits per heavy atom. The highest BCUT2D eigenvalue weighted by Crippen LogP contribution is 2.33. The van der Waals surface area contributed by atoms with Crippen molar-refractivity contribution in [2.45, 2.75) is 51.7 Å². The van der Waals surface area contributed by atoms with E-state index in [0.29, 0.717) is 6.04 Å². The number of nitrogens with one attached hydrogen (secondary N) is 1. The van der Waals surface area contributed by atoms with Gasteiger partial charge >= 0.3 is 0 Å². The molecule has 1 aromatic rings. The molecule has 1 aromatic heterocycles. The fraction of sp³-hybridized carbons (Fsp3) is 0.786. The molecule has 0 radical (unpaired) electrons. The zero-order valence-corrected chi connectivity index (χ0v) is 13.2. The lowest BCUT2D eigenvalue weighted by atomic mass is 10.1. The molecule has 1 saturated carbocycles. The van der Waals surface area contributed by atoms with Crippen LogP contribution in [0.3, 0.4) is 0 Å². The summed E-state index contributed by atoms with van der Waals surface area (Å²) >= 11 is 1.80. The van der Waals surface area contributed by atoms with E-state index in [2.05, 4.69) is 36.0 Å². The van der Waals surface area contributed by atoms with Gasteiger partial charge in [0.1, 0.15) is 0 Å². The molecule has 1 aliphatic carbocycles. The summed E-state index contributed by atoms with van der Waals surface area (Å²) in [5.74, 6) is 0. The Labute approximate surface area is 120 Å². The van der Waals surface area contributed by atoms with Crippen LogP contribution in [-0.2, 0) is 11.3 Å². The van der Waals surface area contributed by atoms with Crippen LogP contribution >= 0.6 is 11.3 Å². The molecule has 0 saturated heterocycles. The van der Waals surface area contributed by atoms with Gasteiger partial charge in [-0.1, -0.05) is 0 Å². The van der Waals surface area contributed by atoms with Crippen molar-refractivity contribution in [3.05, 3.63) is 11.1 Å². The lowest BCUT2D eigenvalue weighted by molar-refractivity contribution is 0.205. The zero-order valence-electron chi connectivity index (χ0n) is 12.4. The van der Waals surface area contributed by atoms with E-state index in [0.717, 1.165) is 24.8 Å². The van der Waals surface area contributed by atoms with Crippen LogP contribution in [0.4, 0.5) is 5.13 Å². The second kappa shape index (κ2) is 6.20. The summed E-state index contributed by atoms with van der Waals surface area (Å²) < 4.78 is 5.19. The summed E-state index contributed by atoms with van der Waals surface area (Å²) in [5.41, 5.74) is 0.149. The minimum atomic E-state index is 0.149. The van der Waals surface area contributed by atoms with Gasteiger partial charge in [0.15, 0.2) is 5.13 Å². The van der Waals surface area contributed by atoms with E-state index in [1.165, 1.54) is 17.7 Å². The van der Waals surface area contributed by atoms with Crippen LogP contribution in [0, 0.1) is 0 Å².